The number of rotatable bonds is 8. The Balaban J connectivity index is 2.03. The van der Waals surface area contributed by atoms with Crippen molar-refractivity contribution in [1.82, 2.24) is 0 Å². The minimum absolute atomic E-state index is 0.246. The fraction of sp³-hybridized carbons (Fsp3) is 0.182. The second-order valence-electron chi connectivity index (χ2n) is 7.11. The van der Waals surface area contributed by atoms with Crippen molar-refractivity contribution < 1.29 is 52.1 Å². The van der Waals surface area contributed by atoms with E-state index >= 15 is 0 Å². The first kappa shape index (κ1) is 27.7. The molecule has 14 heteroatoms. The van der Waals surface area contributed by atoms with E-state index in [4.69, 9.17) is 0 Å². The average Bonchev–Trinajstić information content (AvgIpc) is 2.79. The van der Waals surface area contributed by atoms with E-state index < -0.39 is 50.0 Å². The molecule has 0 aromatic heterocycles. The molecule has 36 heavy (non-hydrogen) atoms. The van der Waals surface area contributed by atoms with Gasteiger partial charge in [0.15, 0.2) is 14.7 Å². The second kappa shape index (κ2) is 9.54. The van der Waals surface area contributed by atoms with Crippen LogP contribution in [-0.2, 0) is 21.0 Å². The predicted molar refractivity (Wildman–Crippen MR) is 112 cm³/mol. The molecule has 0 aliphatic heterocycles. The summed E-state index contributed by atoms with van der Waals surface area (Å²) in [5, 5.41) is -6.95. The number of hydrogen-bond acceptors (Lipinski definition) is 3. The van der Waals surface area contributed by atoms with Gasteiger partial charge >= 0.3 is 33.4 Å². The van der Waals surface area contributed by atoms with Gasteiger partial charge in [0.2, 0.25) is 0 Å². The molecule has 0 aliphatic carbocycles. The monoisotopic (exact) mass is 561 g/mol. The third-order valence-electron chi connectivity index (χ3n) is 4.63. The molecular weight excluding hydrogens is 547 g/mol. The van der Waals surface area contributed by atoms with Crippen LogP contribution in [0.2, 0.25) is 0 Å². The molecule has 0 fully saturated rings. The first-order valence-electron chi connectivity index (χ1n) is 9.61. The van der Waals surface area contributed by atoms with Crippen LogP contribution in [0.5, 0.6) is 5.75 Å². The Labute approximate surface area is 202 Å². The Morgan fingerprint density at radius 1 is 0.583 bits per heavy atom. The molecule has 0 saturated carbocycles. The summed E-state index contributed by atoms with van der Waals surface area (Å²) in [4.78, 5) is 1.59. The highest BCUT2D eigenvalue weighted by Gasteiger charge is 2.86. The molecular formula is C22H14F9O3S2+. The van der Waals surface area contributed by atoms with Crippen LogP contribution in [0.1, 0.15) is 0 Å². The fourth-order valence-corrected chi connectivity index (χ4v) is 5.90. The summed E-state index contributed by atoms with van der Waals surface area (Å²) in [6, 6.07) is 21.2. The summed E-state index contributed by atoms with van der Waals surface area (Å²) >= 11 is 0. The van der Waals surface area contributed by atoms with Gasteiger partial charge in [0.25, 0.3) is 0 Å². The van der Waals surface area contributed by atoms with E-state index in [0.717, 1.165) is 18.2 Å². The van der Waals surface area contributed by atoms with Crippen LogP contribution in [0.4, 0.5) is 39.5 Å². The minimum Gasteiger partial charge on any atom is -0.378 e. The van der Waals surface area contributed by atoms with Gasteiger partial charge in [-0.05, 0) is 36.4 Å². The normalized spacial score (nSPS) is 13.6. The van der Waals surface area contributed by atoms with Gasteiger partial charge in [0.1, 0.15) is 5.75 Å². The molecule has 0 bridgehead atoms. The first-order chi connectivity index (χ1) is 16.5. The van der Waals surface area contributed by atoms with Crippen molar-refractivity contribution in [3.8, 4) is 5.75 Å². The van der Waals surface area contributed by atoms with Crippen LogP contribution < -0.4 is 4.18 Å². The van der Waals surface area contributed by atoms with E-state index in [1.54, 1.807) is 60.7 Å². The number of alkyl halides is 9. The highest BCUT2D eigenvalue weighted by molar-refractivity contribution is 7.97. The molecule has 0 radical (unpaired) electrons. The Morgan fingerprint density at radius 2 is 1.03 bits per heavy atom. The van der Waals surface area contributed by atoms with Gasteiger partial charge in [0, 0.05) is 6.07 Å². The average molecular weight is 561 g/mol. The van der Waals surface area contributed by atoms with Gasteiger partial charge in [-0.3, -0.25) is 0 Å². The zero-order valence-corrected chi connectivity index (χ0v) is 19.2. The molecule has 3 aromatic rings. The highest BCUT2D eigenvalue weighted by Crippen LogP contribution is 2.55. The van der Waals surface area contributed by atoms with Crippen molar-refractivity contribution in [3.63, 3.8) is 0 Å². The Hall–Kier alpha value is -2.87. The lowest BCUT2D eigenvalue weighted by atomic mass is 10.1. The van der Waals surface area contributed by atoms with Crippen LogP contribution in [0.25, 0.3) is 0 Å². The topological polar surface area (TPSA) is 43.4 Å². The van der Waals surface area contributed by atoms with Gasteiger partial charge in [-0.15, -0.1) is 0 Å². The SMILES string of the molecule is O=S(=O)(Oc1cccc([S+](c2ccccc2)c2ccccc2)c1)C(F)(F)C(F)(F)C(F)(F)C(F)(F)F. The van der Waals surface area contributed by atoms with Gasteiger partial charge in [0.05, 0.1) is 10.9 Å². The molecule has 0 heterocycles. The summed E-state index contributed by atoms with van der Waals surface area (Å²) < 4.78 is 146. The molecule has 0 N–H and O–H groups in total. The Morgan fingerprint density at radius 3 is 1.47 bits per heavy atom. The maximum absolute atomic E-state index is 14.0. The standard InChI is InChI=1S/C22H14F9O3S2/c23-19(24,21(27,28)29)20(25,26)22(30,31)36(32,33)34-15-8-7-13-18(14-15)35(16-9-3-1-4-10-16)17-11-5-2-6-12-17/h1-14H/q+1. The maximum Gasteiger partial charge on any atom is 0.460 e. The molecule has 0 saturated heterocycles. The van der Waals surface area contributed by atoms with Gasteiger partial charge in [-0.25, -0.2) is 0 Å². The second-order valence-corrected chi connectivity index (χ2v) is 10.7. The minimum atomic E-state index is -7.38. The summed E-state index contributed by atoms with van der Waals surface area (Å²) in [6.07, 6.45) is -7.17. The van der Waals surface area contributed by atoms with E-state index in [9.17, 15) is 47.9 Å². The smallest absolute Gasteiger partial charge is 0.378 e. The quantitative estimate of drug-likeness (QED) is 0.171. The number of hydrogen-bond donors (Lipinski definition) is 0. The van der Waals surface area contributed by atoms with Crippen LogP contribution in [0.3, 0.4) is 0 Å². The largest absolute Gasteiger partial charge is 0.460 e. The van der Waals surface area contributed by atoms with Crippen LogP contribution in [0, 0.1) is 0 Å². The molecule has 0 amide bonds. The van der Waals surface area contributed by atoms with Crippen LogP contribution in [-0.4, -0.2) is 31.7 Å². The van der Waals surface area contributed by atoms with Gasteiger partial charge < -0.3 is 4.18 Å². The molecule has 0 aliphatic rings. The molecule has 3 nitrogen and oxygen atoms in total. The third kappa shape index (κ3) is 4.88. The first-order valence-corrected chi connectivity index (χ1v) is 12.2. The van der Waals surface area contributed by atoms with Crippen molar-refractivity contribution in [1.29, 1.82) is 0 Å². The summed E-state index contributed by atoms with van der Waals surface area (Å²) in [6.45, 7) is 0. The fourth-order valence-electron chi connectivity index (χ4n) is 2.87. The Kier molecular flexibility index (Phi) is 7.34. The highest BCUT2D eigenvalue weighted by atomic mass is 32.2. The summed E-state index contributed by atoms with van der Waals surface area (Å²) in [5.74, 6) is -15.8. The molecule has 0 atom stereocenters. The van der Waals surface area contributed by atoms with Gasteiger partial charge in [-0.1, -0.05) is 42.5 Å². The van der Waals surface area contributed by atoms with Crippen LogP contribution >= 0.6 is 0 Å². The number of benzene rings is 3. The third-order valence-corrected chi connectivity index (χ3v) is 8.14. The summed E-state index contributed by atoms with van der Waals surface area (Å²) in [5.41, 5.74) is 0. The lowest BCUT2D eigenvalue weighted by Crippen LogP contribution is -2.63. The van der Waals surface area contributed by atoms with Gasteiger partial charge in [-0.2, -0.15) is 47.9 Å². The maximum atomic E-state index is 14.0. The number of halogens is 9. The zero-order chi connectivity index (χ0) is 27.0. The van der Waals surface area contributed by atoms with Crippen molar-refractivity contribution in [2.45, 2.75) is 38.0 Å². The van der Waals surface area contributed by atoms with Crippen molar-refractivity contribution >= 4 is 21.0 Å². The van der Waals surface area contributed by atoms with Crippen molar-refractivity contribution in [3.05, 3.63) is 84.9 Å². The van der Waals surface area contributed by atoms with E-state index in [1.807, 2.05) is 0 Å². The molecule has 0 unspecified atom stereocenters. The molecule has 0 spiro atoms. The molecule has 194 valence electrons. The lowest BCUT2D eigenvalue weighted by molar-refractivity contribution is -0.382. The van der Waals surface area contributed by atoms with Crippen molar-refractivity contribution in [2.24, 2.45) is 0 Å². The molecule has 3 aromatic carbocycles. The Bertz CT molecular complexity index is 1260. The van der Waals surface area contributed by atoms with E-state index in [2.05, 4.69) is 4.18 Å². The lowest BCUT2D eigenvalue weighted by Gasteiger charge is -2.32. The predicted octanol–water partition coefficient (Wildman–Crippen LogP) is 6.92. The van der Waals surface area contributed by atoms with E-state index in [-0.39, 0.29) is 4.90 Å². The summed E-state index contributed by atoms with van der Waals surface area (Å²) in [7, 11) is -8.04. The molecule has 3 rings (SSSR count). The van der Waals surface area contributed by atoms with E-state index in [1.165, 1.54) is 6.07 Å². The van der Waals surface area contributed by atoms with E-state index in [0.29, 0.717) is 9.79 Å². The van der Waals surface area contributed by atoms with Crippen molar-refractivity contribution in [2.75, 3.05) is 0 Å². The zero-order valence-electron chi connectivity index (χ0n) is 17.5. The van der Waals surface area contributed by atoms with Crippen LogP contribution in [0.15, 0.2) is 99.6 Å².